The molecule has 0 spiro atoms. The van der Waals surface area contributed by atoms with Gasteiger partial charge in [-0.3, -0.25) is 0 Å². The topological polar surface area (TPSA) is 46.8 Å². The zero-order valence-electron chi connectivity index (χ0n) is 14.4. The van der Waals surface area contributed by atoms with Gasteiger partial charge in [0.1, 0.15) is 5.69 Å². The van der Waals surface area contributed by atoms with Crippen molar-refractivity contribution in [2.45, 2.75) is 18.9 Å². The number of pyridine rings is 1. The number of rotatable bonds is 3. The van der Waals surface area contributed by atoms with Crippen LogP contribution in [0.5, 0.6) is 0 Å². The van der Waals surface area contributed by atoms with Crippen LogP contribution in [-0.4, -0.2) is 44.5 Å². The van der Waals surface area contributed by atoms with Crippen molar-refractivity contribution in [3.05, 3.63) is 54.7 Å². The second kappa shape index (κ2) is 6.29. The van der Waals surface area contributed by atoms with E-state index in [1.165, 1.54) is 32.0 Å². The first-order chi connectivity index (χ1) is 12.8. The van der Waals surface area contributed by atoms with Crippen molar-refractivity contribution in [2.24, 2.45) is 5.92 Å². The number of hydrogen-bond donors (Lipinski definition) is 0. The maximum absolute atomic E-state index is 13.1. The lowest BCUT2D eigenvalue weighted by Gasteiger charge is -2.44. The average molecular weight is 349 g/mol. The number of piperidine rings is 3. The third-order valence-corrected chi connectivity index (χ3v) is 5.69. The van der Waals surface area contributed by atoms with Gasteiger partial charge in [0.15, 0.2) is 0 Å². The van der Waals surface area contributed by atoms with E-state index in [-0.39, 0.29) is 0 Å². The van der Waals surface area contributed by atoms with E-state index in [1.54, 1.807) is 12.3 Å². The van der Waals surface area contributed by atoms with Crippen LogP contribution in [0.15, 0.2) is 48.8 Å². The predicted octanol–water partition coefficient (Wildman–Crippen LogP) is 3.41. The molecular weight excluding hydrogens is 329 g/mol. The van der Waals surface area contributed by atoms with Crippen LogP contribution in [0.4, 0.5) is 4.39 Å². The zero-order chi connectivity index (χ0) is 17.5. The van der Waals surface area contributed by atoms with Crippen molar-refractivity contribution in [2.75, 3.05) is 19.6 Å². The Morgan fingerprint density at radius 1 is 1.00 bits per heavy atom. The maximum Gasteiger partial charge on any atom is 0.212 e. The number of halogens is 1. The normalized spacial score (nSPS) is 24.7. The Bertz CT molecular complexity index is 912. The second-order valence-corrected chi connectivity index (χ2v) is 7.24. The van der Waals surface area contributed by atoms with Gasteiger partial charge in [-0.2, -0.15) is 4.39 Å². The molecule has 0 saturated carbocycles. The van der Waals surface area contributed by atoms with Crippen LogP contribution in [0.25, 0.3) is 22.4 Å². The molecule has 0 aliphatic carbocycles. The van der Waals surface area contributed by atoms with E-state index in [2.05, 4.69) is 37.1 Å². The highest BCUT2D eigenvalue weighted by Crippen LogP contribution is 2.35. The number of fused-ring (bicyclic) bond motifs is 3. The van der Waals surface area contributed by atoms with E-state index < -0.39 is 5.95 Å². The molecule has 5 nitrogen and oxygen atoms in total. The van der Waals surface area contributed by atoms with Crippen molar-refractivity contribution < 1.29 is 4.39 Å². The zero-order valence-corrected chi connectivity index (χ0v) is 14.4. The van der Waals surface area contributed by atoms with Crippen LogP contribution in [-0.2, 0) is 0 Å². The van der Waals surface area contributed by atoms with Gasteiger partial charge in [0, 0.05) is 23.9 Å². The van der Waals surface area contributed by atoms with Crippen LogP contribution in [0.3, 0.4) is 0 Å². The Hall–Kier alpha value is -2.60. The molecule has 2 aromatic heterocycles. The third-order valence-electron chi connectivity index (χ3n) is 5.69. The molecule has 2 bridgehead atoms. The van der Waals surface area contributed by atoms with Gasteiger partial charge in [0.05, 0.1) is 12.2 Å². The summed E-state index contributed by atoms with van der Waals surface area (Å²) in [6, 6.07) is 11.6. The predicted molar refractivity (Wildman–Crippen MR) is 96.8 cm³/mol. The molecule has 3 aliphatic heterocycles. The van der Waals surface area contributed by atoms with E-state index in [4.69, 9.17) is 0 Å². The molecule has 1 aromatic carbocycles. The summed E-state index contributed by atoms with van der Waals surface area (Å²) in [6.07, 6.45) is 6.13. The lowest BCUT2D eigenvalue weighted by molar-refractivity contribution is 0.0504. The van der Waals surface area contributed by atoms with Crippen LogP contribution in [0, 0.1) is 11.9 Å². The van der Waals surface area contributed by atoms with Crippen molar-refractivity contribution >= 4 is 0 Å². The highest BCUT2D eigenvalue weighted by atomic mass is 19.1. The summed E-state index contributed by atoms with van der Waals surface area (Å²) in [7, 11) is 0. The number of benzene rings is 1. The molecule has 3 fully saturated rings. The quantitative estimate of drug-likeness (QED) is 0.680. The number of nitrogens with zero attached hydrogens (tertiary/aromatic N) is 5. The fraction of sp³-hybridized carbons (Fsp3) is 0.350. The molecule has 6 rings (SSSR count). The SMILES string of the molecule is Fc1ccc(-c2cccc(-c3cn([C@H]4CN5CCC4CC5)nn3)c2)cn1. The number of hydrogen-bond acceptors (Lipinski definition) is 4. The van der Waals surface area contributed by atoms with Gasteiger partial charge >= 0.3 is 0 Å². The third kappa shape index (κ3) is 2.80. The van der Waals surface area contributed by atoms with Crippen molar-refractivity contribution in [1.29, 1.82) is 0 Å². The number of aromatic nitrogens is 4. The standard InChI is InChI=1S/C20H20FN5/c21-20-5-4-17(11-22-20)15-2-1-3-16(10-15)18-12-26(24-23-18)19-13-25-8-6-14(19)7-9-25/h1-5,10-12,14,19H,6-9,13H2/t19-/m0/s1. The van der Waals surface area contributed by atoms with Crippen LogP contribution >= 0.6 is 0 Å². The Morgan fingerprint density at radius 2 is 1.85 bits per heavy atom. The van der Waals surface area contributed by atoms with Crippen molar-refractivity contribution in [3.63, 3.8) is 0 Å². The van der Waals surface area contributed by atoms with Gasteiger partial charge in [-0.25, -0.2) is 9.67 Å². The first kappa shape index (κ1) is 15.6. The molecule has 3 aromatic rings. The summed E-state index contributed by atoms with van der Waals surface area (Å²) in [4.78, 5) is 6.26. The molecule has 3 saturated heterocycles. The summed E-state index contributed by atoms with van der Waals surface area (Å²) in [5.41, 5.74) is 3.77. The minimum absolute atomic E-state index is 0.434. The lowest BCUT2D eigenvalue weighted by atomic mass is 9.84. The minimum Gasteiger partial charge on any atom is -0.301 e. The molecule has 0 unspecified atom stereocenters. The molecule has 132 valence electrons. The Kier molecular flexibility index (Phi) is 3.78. The largest absolute Gasteiger partial charge is 0.301 e. The summed E-state index contributed by atoms with van der Waals surface area (Å²) >= 11 is 0. The molecule has 1 atom stereocenters. The summed E-state index contributed by atoms with van der Waals surface area (Å²) in [6.45, 7) is 3.52. The van der Waals surface area contributed by atoms with E-state index in [1.807, 2.05) is 18.2 Å². The van der Waals surface area contributed by atoms with Crippen molar-refractivity contribution in [1.82, 2.24) is 24.9 Å². The molecule has 0 amide bonds. The second-order valence-electron chi connectivity index (χ2n) is 7.24. The van der Waals surface area contributed by atoms with Gasteiger partial charge in [0.2, 0.25) is 5.95 Å². The molecule has 0 radical (unpaired) electrons. The molecule has 6 heteroatoms. The van der Waals surface area contributed by atoms with Gasteiger partial charge in [-0.05, 0) is 55.6 Å². The Labute approximate surface area is 151 Å². The van der Waals surface area contributed by atoms with Crippen molar-refractivity contribution in [3.8, 4) is 22.4 Å². The Balaban J connectivity index is 1.43. The van der Waals surface area contributed by atoms with E-state index in [0.29, 0.717) is 12.0 Å². The van der Waals surface area contributed by atoms with Gasteiger partial charge in [0.25, 0.3) is 0 Å². The lowest BCUT2D eigenvalue weighted by Crippen LogP contribution is -2.48. The average Bonchev–Trinajstić information content (AvgIpc) is 3.20. The summed E-state index contributed by atoms with van der Waals surface area (Å²) < 4.78 is 15.1. The van der Waals surface area contributed by atoms with Gasteiger partial charge in [-0.1, -0.05) is 23.4 Å². The highest BCUT2D eigenvalue weighted by Gasteiger charge is 2.35. The fourth-order valence-electron chi connectivity index (χ4n) is 4.21. The Morgan fingerprint density at radius 3 is 2.58 bits per heavy atom. The van der Waals surface area contributed by atoms with Gasteiger partial charge < -0.3 is 4.90 Å². The van der Waals surface area contributed by atoms with E-state index in [9.17, 15) is 4.39 Å². The monoisotopic (exact) mass is 349 g/mol. The molecule has 3 aliphatic rings. The molecule has 26 heavy (non-hydrogen) atoms. The van der Waals surface area contributed by atoms with Crippen LogP contribution in [0.2, 0.25) is 0 Å². The summed E-state index contributed by atoms with van der Waals surface area (Å²) in [5, 5.41) is 8.84. The van der Waals surface area contributed by atoms with Gasteiger partial charge in [-0.15, -0.1) is 5.10 Å². The summed E-state index contributed by atoms with van der Waals surface area (Å²) in [5.74, 6) is 0.247. The first-order valence-corrected chi connectivity index (χ1v) is 9.13. The fourth-order valence-corrected chi connectivity index (χ4v) is 4.21. The van der Waals surface area contributed by atoms with Crippen LogP contribution < -0.4 is 0 Å². The smallest absolute Gasteiger partial charge is 0.212 e. The highest BCUT2D eigenvalue weighted by molar-refractivity contribution is 5.70. The van der Waals surface area contributed by atoms with Crippen LogP contribution in [0.1, 0.15) is 18.9 Å². The molecular formula is C20H20FN5. The maximum atomic E-state index is 13.1. The first-order valence-electron chi connectivity index (χ1n) is 9.13. The molecule has 5 heterocycles. The minimum atomic E-state index is -0.467. The van der Waals surface area contributed by atoms with E-state index >= 15 is 0 Å². The van der Waals surface area contributed by atoms with E-state index in [0.717, 1.165) is 28.9 Å². The molecule has 0 N–H and O–H groups in total.